The second-order valence-corrected chi connectivity index (χ2v) is 10.2. The van der Waals surface area contributed by atoms with Crippen molar-refractivity contribution in [3.8, 4) is 0 Å². The summed E-state index contributed by atoms with van der Waals surface area (Å²) in [4.78, 5) is 50.1. The van der Waals surface area contributed by atoms with Crippen molar-refractivity contribution in [1.82, 2.24) is 15.5 Å². The lowest BCUT2D eigenvalue weighted by molar-refractivity contribution is -0.135. The van der Waals surface area contributed by atoms with E-state index >= 15 is 0 Å². The second-order valence-electron chi connectivity index (χ2n) is 10.2. The number of likely N-dealkylation sites (N-methyl/N-ethyl adjacent to an activating group) is 1. The van der Waals surface area contributed by atoms with Gasteiger partial charge in [-0.05, 0) is 57.4 Å². The van der Waals surface area contributed by atoms with Crippen LogP contribution in [-0.4, -0.2) is 62.1 Å². The van der Waals surface area contributed by atoms with E-state index in [1.165, 1.54) is 0 Å². The summed E-state index contributed by atoms with van der Waals surface area (Å²) >= 11 is 0. The predicted molar refractivity (Wildman–Crippen MR) is 155 cm³/mol. The number of rotatable bonds is 17. The Bertz CT molecular complexity index is 971. The molecule has 2 rings (SSSR count). The highest BCUT2D eigenvalue weighted by atomic mass is 16.5. The fourth-order valence-electron chi connectivity index (χ4n) is 4.43. The zero-order valence-corrected chi connectivity index (χ0v) is 23.6. The molecule has 1 aliphatic rings. The minimum absolute atomic E-state index is 0. The summed E-state index contributed by atoms with van der Waals surface area (Å²) in [6.45, 7) is 4.87. The maximum absolute atomic E-state index is 12.9. The summed E-state index contributed by atoms with van der Waals surface area (Å²) in [6.07, 6.45) is 7.39. The van der Waals surface area contributed by atoms with Crippen molar-refractivity contribution in [3.63, 3.8) is 0 Å². The third-order valence-corrected chi connectivity index (χ3v) is 7.10. The third kappa shape index (κ3) is 12.2. The Kier molecular flexibility index (Phi) is 16.0. The van der Waals surface area contributed by atoms with E-state index in [9.17, 15) is 19.2 Å². The summed E-state index contributed by atoms with van der Waals surface area (Å²) in [5.41, 5.74) is 3.53. The fraction of sp³-hybridized carbons (Fsp3) is 0.613. The van der Waals surface area contributed by atoms with E-state index in [2.05, 4.69) is 10.6 Å². The molecule has 0 aliphatic heterocycles. The highest BCUT2D eigenvalue weighted by molar-refractivity contribution is 6.09. The summed E-state index contributed by atoms with van der Waals surface area (Å²) in [7, 11) is 3.59. The largest absolute Gasteiger partial charge is 0.391 e. The highest BCUT2D eigenvalue weighted by Crippen LogP contribution is 2.26. The first kappa shape index (κ1) is 34.0. The number of hydrogen-bond donors (Lipinski definition) is 2. The molecule has 0 radical (unpaired) electrons. The van der Waals surface area contributed by atoms with E-state index in [0.29, 0.717) is 38.1 Å². The Hall–Kier alpha value is -3.00. The SMILES string of the molecule is C.CNC1=C(C(=O)c2ccc(CN(C)C(=O)COCCCC(=O)NCCCCC(C)C(C)=O)cc2)CCCC1. The van der Waals surface area contributed by atoms with Gasteiger partial charge in [-0.3, -0.25) is 19.2 Å². The molecule has 2 amide bonds. The van der Waals surface area contributed by atoms with Crippen molar-refractivity contribution in [2.24, 2.45) is 5.92 Å². The van der Waals surface area contributed by atoms with Crippen molar-refractivity contribution in [2.45, 2.75) is 85.6 Å². The molecule has 218 valence electrons. The first-order valence-electron chi connectivity index (χ1n) is 13.8. The van der Waals surface area contributed by atoms with Gasteiger partial charge in [0.2, 0.25) is 11.8 Å². The van der Waals surface area contributed by atoms with E-state index in [4.69, 9.17) is 4.74 Å². The molecule has 1 aromatic rings. The van der Waals surface area contributed by atoms with Crippen LogP contribution < -0.4 is 10.6 Å². The molecular weight excluding hydrogens is 494 g/mol. The van der Waals surface area contributed by atoms with Gasteiger partial charge in [0.15, 0.2) is 5.78 Å². The Labute approximate surface area is 234 Å². The average molecular weight is 544 g/mol. The van der Waals surface area contributed by atoms with Crippen LogP contribution in [0.3, 0.4) is 0 Å². The lowest BCUT2D eigenvalue weighted by Gasteiger charge is -2.20. The molecule has 0 fully saturated rings. The van der Waals surface area contributed by atoms with Crippen molar-refractivity contribution in [1.29, 1.82) is 0 Å². The van der Waals surface area contributed by atoms with Crippen LogP contribution in [-0.2, 0) is 25.7 Å². The van der Waals surface area contributed by atoms with E-state index in [-0.39, 0.29) is 43.3 Å². The van der Waals surface area contributed by atoms with Gasteiger partial charge in [-0.2, -0.15) is 0 Å². The van der Waals surface area contributed by atoms with Gasteiger partial charge in [0.1, 0.15) is 12.4 Å². The molecule has 1 atom stereocenters. The highest BCUT2D eigenvalue weighted by Gasteiger charge is 2.20. The Balaban J connectivity index is 0.00000760. The smallest absolute Gasteiger partial charge is 0.248 e. The number of ketones is 2. The second kappa shape index (κ2) is 18.3. The number of nitrogens with zero attached hydrogens (tertiary/aromatic N) is 1. The topological polar surface area (TPSA) is 105 Å². The molecular formula is C31H49N3O5. The van der Waals surface area contributed by atoms with Crippen molar-refractivity contribution < 1.29 is 23.9 Å². The molecule has 0 spiro atoms. The van der Waals surface area contributed by atoms with Crippen LogP contribution in [0.2, 0.25) is 0 Å². The van der Waals surface area contributed by atoms with Crippen molar-refractivity contribution in [3.05, 3.63) is 46.7 Å². The summed E-state index contributed by atoms with van der Waals surface area (Å²) in [6, 6.07) is 7.45. The normalized spacial score (nSPS) is 13.7. The van der Waals surface area contributed by atoms with Crippen LogP contribution in [0.15, 0.2) is 35.5 Å². The number of nitrogens with one attached hydrogen (secondary N) is 2. The Morgan fingerprint density at radius 3 is 2.38 bits per heavy atom. The molecule has 8 heteroatoms. The molecule has 39 heavy (non-hydrogen) atoms. The standard InChI is InChI=1S/C30H45N3O5.CH4/c1-22(23(2)34)10-7-8-18-32-28(35)13-9-19-38-21-29(36)33(4)20-24-14-16-25(17-15-24)30(37)26-11-5-6-12-27(26)31-3;/h14-17,22,31H,5-13,18-21H2,1-4H3,(H,32,35);1H4. The van der Waals surface area contributed by atoms with E-state index in [1.54, 1.807) is 18.9 Å². The zero-order valence-electron chi connectivity index (χ0n) is 23.6. The predicted octanol–water partition coefficient (Wildman–Crippen LogP) is 4.82. The Morgan fingerprint density at radius 2 is 1.72 bits per heavy atom. The molecule has 1 aliphatic carbocycles. The minimum atomic E-state index is -0.139. The van der Waals surface area contributed by atoms with Gasteiger partial charge in [0, 0.05) is 63.0 Å². The van der Waals surface area contributed by atoms with Gasteiger partial charge >= 0.3 is 0 Å². The first-order chi connectivity index (χ1) is 18.2. The molecule has 0 aromatic heterocycles. The number of hydrogen-bond acceptors (Lipinski definition) is 6. The van der Waals surface area contributed by atoms with E-state index in [0.717, 1.165) is 61.8 Å². The van der Waals surface area contributed by atoms with Crippen LogP contribution in [0.1, 0.15) is 95.0 Å². The van der Waals surface area contributed by atoms with Gasteiger partial charge in [0.25, 0.3) is 0 Å². The number of Topliss-reactive ketones (excluding diaryl/α,β-unsaturated/α-hetero) is 2. The van der Waals surface area contributed by atoms with Crippen LogP contribution >= 0.6 is 0 Å². The maximum atomic E-state index is 12.9. The maximum Gasteiger partial charge on any atom is 0.248 e. The number of ether oxygens (including phenoxy) is 1. The number of amides is 2. The van der Waals surface area contributed by atoms with Crippen molar-refractivity contribution in [2.75, 3.05) is 33.9 Å². The third-order valence-electron chi connectivity index (χ3n) is 7.10. The van der Waals surface area contributed by atoms with Gasteiger partial charge in [-0.1, -0.05) is 45.0 Å². The molecule has 0 saturated heterocycles. The number of benzene rings is 1. The summed E-state index contributed by atoms with van der Waals surface area (Å²) < 4.78 is 5.48. The fourth-order valence-corrected chi connectivity index (χ4v) is 4.43. The number of unbranched alkanes of at least 4 members (excludes halogenated alkanes) is 1. The van der Waals surface area contributed by atoms with Crippen LogP contribution in [0.5, 0.6) is 0 Å². The minimum Gasteiger partial charge on any atom is -0.391 e. The average Bonchev–Trinajstić information content (AvgIpc) is 2.92. The molecule has 2 N–H and O–H groups in total. The van der Waals surface area contributed by atoms with E-state index < -0.39 is 0 Å². The lowest BCUT2D eigenvalue weighted by Crippen LogP contribution is -2.30. The number of carbonyl (C=O) groups excluding carboxylic acids is 4. The quantitative estimate of drug-likeness (QED) is 0.216. The van der Waals surface area contributed by atoms with Crippen LogP contribution in [0, 0.1) is 5.92 Å². The summed E-state index contributed by atoms with van der Waals surface area (Å²) in [5, 5.41) is 6.06. The van der Waals surface area contributed by atoms with Crippen LogP contribution in [0.25, 0.3) is 0 Å². The first-order valence-corrected chi connectivity index (χ1v) is 13.8. The molecule has 0 saturated carbocycles. The van der Waals surface area contributed by atoms with Gasteiger partial charge < -0.3 is 20.3 Å². The molecule has 0 bridgehead atoms. The van der Waals surface area contributed by atoms with Gasteiger partial charge in [0.05, 0.1) is 0 Å². The van der Waals surface area contributed by atoms with Gasteiger partial charge in [-0.15, -0.1) is 0 Å². The number of allylic oxidation sites excluding steroid dienone is 2. The number of carbonyl (C=O) groups is 4. The van der Waals surface area contributed by atoms with Gasteiger partial charge in [-0.25, -0.2) is 0 Å². The summed E-state index contributed by atoms with van der Waals surface area (Å²) in [5.74, 6) is 0.196. The monoisotopic (exact) mass is 543 g/mol. The molecule has 0 heterocycles. The molecule has 8 nitrogen and oxygen atoms in total. The Morgan fingerprint density at radius 1 is 1.03 bits per heavy atom. The molecule has 1 aromatic carbocycles. The van der Waals surface area contributed by atoms with E-state index in [1.807, 2.05) is 38.2 Å². The van der Waals surface area contributed by atoms with Crippen molar-refractivity contribution >= 4 is 23.4 Å². The zero-order chi connectivity index (χ0) is 27.9. The lowest BCUT2D eigenvalue weighted by atomic mass is 9.90. The molecule has 1 unspecified atom stereocenters. The van der Waals surface area contributed by atoms with Crippen LogP contribution in [0.4, 0.5) is 0 Å².